The van der Waals surface area contributed by atoms with Gasteiger partial charge >= 0.3 is 0 Å². The SMILES string of the molecule is COc1cc(C(=O)NC(=NCc2cccnc2)Nc2ccc(Cl)cc2C)cc(OC)c1OC. The summed E-state index contributed by atoms with van der Waals surface area (Å²) >= 11 is 6.07. The first-order valence-corrected chi connectivity index (χ1v) is 10.4. The average Bonchev–Trinajstić information content (AvgIpc) is 2.83. The molecule has 0 bridgehead atoms. The van der Waals surface area contributed by atoms with E-state index >= 15 is 0 Å². The molecule has 0 spiro atoms. The van der Waals surface area contributed by atoms with Crippen LogP contribution < -0.4 is 24.8 Å². The first-order valence-electron chi connectivity index (χ1n) is 10.0. The second kappa shape index (κ2) is 11.2. The van der Waals surface area contributed by atoms with Gasteiger partial charge in [0.2, 0.25) is 11.7 Å². The fraction of sp³-hybridized carbons (Fsp3) is 0.208. The highest BCUT2D eigenvalue weighted by Gasteiger charge is 2.18. The number of aliphatic imine (C=N–C) groups is 1. The number of nitrogens with one attached hydrogen (secondary N) is 2. The molecule has 0 unspecified atom stereocenters. The molecule has 33 heavy (non-hydrogen) atoms. The molecule has 0 fully saturated rings. The predicted octanol–water partition coefficient (Wildman–Crippen LogP) is 4.47. The van der Waals surface area contributed by atoms with E-state index < -0.39 is 5.91 Å². The van der Waals surface area contributed by atoms with E-state index in [1.807, 2.05) is 31.2 Å². The number of anilines is 1. The van der Waals surface area contributed by atoms with E-state index in [1.54, 1.807) is 30.6 Å². The largest absolute Gasteiger partial charge is 0.493 e. The van der Waals surface area contributed by atoms with Gasteiger partial charge in [-0.2, -0.15) is 0 Å². The van der Waals surface area contributed by atoms with E-state index in [9.17, 15) is 4.79 Å². The molecule has 0 atom stereocenters. The quantitative estimate of drug-likeness (QED) is 0.392. The zero-order chi connectivity index (χ0) is 23.8. The van der Waals surface area contributed by atoms with Gasteiger partial charge in [-0.05, 0) is 54.4 Å². The van der Waals surface area contributed by atoms with Crippen LogP contribution in [0, 0.1) is 6.92 Å². The third-order valence-corrected chi connectivity index (χ3v) is 4.98. The molecular weight excluding hydrogens is 444 g/mol. The molecule has 3 aromatic rings. The number of pyridine rings is 1. The van der Waals surface area contributed by atoms with Crippen molar-refractivity contribution < 1.29 is 19.0 Å². The Labute approximate surface area is 197 Å². The van der Waals surface area contributed by atoms with E-state index in [0.717, 1.165) is 16.8 Å². The van der Waals surface area contributed by atoms with Gasteiger partial charge in [-0.3, -0.25) is 15.1 Å². The molecule has 3 rings (SSSR count). The van der Waals surface area contributed by atoms with Crippen LogP contribution in [0.5, 0.6) is 17.2 Å². The van der Waals surface area contributed by atoms with Crippen molar-refractivity contribution in [2.75, 3.05) is 26.6 Å². The molecule has 8 nitrogen and oxygen atoms in total. The standard InChI is InChI=1S/C24H25ClN4O4/c1-15-10-18(25)7-8-19(15)28-24(27-14-16-6-5-9-26-13-16)29-23(30)17-11-20(31-2)22(33-4)21(12-17)32-3/h5-13H,14H2,1-4H3,(H2,27,28,29,30). The molecule has 0 aliphatic rings. The number of nitrogens with zero attached hydrogens (tertiary/aromatic N) is 2. The molecule has 0 radical (unpaired) electrons. The van der Waals surface area contributed by atoms with Crippen molar-refractivity contribution in [3.05, 3.63) is 76.6 Å². The number of carbonyl (C=O) groups is 1. The highest BCUT2D eigenvalue weighted by atomic mass is 35.5. The molecule has 1 amide bonds. The molecule has 2 aromatic carbocycles. The van der Waals surface area contributed by atoms with Crippen LogP contribution in [-0.4, -0.2) is 38.2 Å². The number of ether oxygens (including phenoxy) is 3. The summed E-state index contributed by atoms with van der Waals surface area (Å²) < 4.78 is 16.0. The summed E-state index contributed by atoms with van der Waals surface area (Å²) in [5.74, 6) is 1.01. The Morgan fingerprint density at radius 3 is 2.36 bits per heavy atom. The van der Waals surface area contributed by atoms with Gasteiger partial charge in [-0.1, -0.05) is 17.7 Å². The number of rotatable bonds is 7. The number of hydrogen-bond donors (Lipinski definition) is 2. The first kappa shape index (κ1) is 23.9. The molecular formula is C24H25ClN4O4. The normalized spacial score (nSPS) is 11.0. The van der Waals surface area contributed by atoms with Gasteiger partial charge in [0.25, 0.3) is 5.91 Å². The minimum atomic E-state index is -0.404. The molecule has 0 saturated carbocycles. The van der Waals surface area contributed by atoms with Gasteiger partial charge in [0.05, 0.1) is 27.9 Å². The van der Waals surface area contributed by atoms with Crippen LogP contribution in [0.25, 0.3) is 0 Å². The molecule has 0 aliphatic carbocycles. The zero-order valence-electron chi connectivity index (χ0n) is 18.8. The van der Waals surface area contributed by atoms with Crippen LogP contribution in [0.1, 0.15) is 21.5 Å². The van der Waals surface area contributed by atoms with Crippen LogP contribution in [-0.2, 0) is 6.54 Å². The monoisotopic (exact) mass is 468 g/mol. The first-order chi connectivity index (χ1) is 15.9. The summed E-state index contributed by atoms with van der Waals surface area (Å²) in [6, 6.07) is 12.3. The molecule has 9 heteroatoms. The minimum Gasteiger partial charge on any atom is -0.493 e. The summed E-state index contributed by atoms with van der Waals surface area (Å²) in [4.78, 5) is 21.8. The highest BCUT2D eigenvalue weighted by molar-refractivity contribution is 6.30. The van der Waals surface area contributed by atoms with Crippen molar-refractivity contribution in [2.45, 2.75) is 13.5 Å². The Kier molecular flexibility index (Phi) is 8.10. The lowest BCUT2D eigenvalue weighted by Crippen LogP contribution is -2.36. The smallest absolute Gasteiger partial charge is 0.258 e. The number of halogens is 1. The van der Waals surface area contributed by atoms with Crippen LogP contribution in [0.15, 0.2) is 59.9 Å². The summed E-state index contributed by atoms with van der Waals surface area (Å²) in [5.41, 5.74) is 2.87. The van der Waals surface area contributed by atoms with Crippen molar-refractivity contribution in [2.24, 2.45) is 4.99 Å². The van der Waals surface area contributed by atoms with Crippen LogP contribution in [0.3, 0.4) is 0 Å². The maximum atomic E-state index is 13.1. The Balaban J connectivity index is 1.91. The predicted molar refractivity (Wildman–Crippen MR) is 129 cm³/mol. The molecule has 172 valence electrons. The van der Waals surface area contributed by atoms with Gasteiger partial charge in [0.1, 0.15) is 0 Å². The van der Waals surface area contributed by atoms with E-state index in [0.29, 0.717) is 34.4 Å². The van der Waals surface area contributed by atoms with E-state index in [1.165, 1.54) is 21.3 Å². The topological polar surface area (TPSA) is 94.1 Å². The van der Waals surface area contributed by atoms with Crippen molar-refractivity contribution >= 4 is 29.2 Å². The fourth-order valence-corrected chi connectivity index (χ4v) is 3.29. The fourth-order valence-electron chi connectivity index (χ4n) is 3.06. The summed E-state index contributed by atoms with van der Waals surface area (Å²) in [7, 11) is 4.48. The Bertz CT molecular complexity index is 1130. The maximum Gasteiger partial charge on any atom is 0.258 e. The van der Waals surface area contributed by atoms with Gasteiger partial charge in [0.15, 0.2) is 11.5 Å². The van der Waals surface area contributed by atoms with E-state index in [2.05, 4.69) is 20.6 Å². The lowest BCUT2D eigenvalue weighted by atomic mass is 10.1. The number of guanidine groups is 1. The lowest BCUT2D eigenvalue weighted by molar-refractivity contribution is 0.0976. The van der Waals surface area contributed by atoms with Gasteiger partial charge < -0.3 is 19.5 Å². The average molecular weight is 469 g/mol. The van der Waals surface area contributed by atoms with Crippen LogP contribution >= 0.6 is 11.6 Å². The summed E-state index contributed by atoms with van der Waals surface area (Å²) in [6.07, 6.45) is 3.41. The number of methoxy groups -OCH3 is 3. The number of benzene rings is 2. The third kappa shape index (κ3) is 6.14. The van der Waals surface area contributed by atoms with E-state index in [4.69, 9.17) is 25.8 Å². The Hall–Kier alpha value is -3.78. The minimum absolute atomic E-state index is 0.267. The molecule has 0 aliphatic heterocycles. The van der Waals surface area contributed by atoms with Crippen LogP contribution in [0.2, 0.25) is 5.02 Å². The Morgan fingerprint density at radius 1 is 1.06 bits per heavy atom. The maximum absolute atomic E-state index is 13.1. The summed E-state index contributed by atoms with van der Waals surface area (Å²) in [5, 5.41) is 6.62. The third-order valence-electron chi connectivity index (χ3n) is 4.74. The molecule has 1 aromatic heterocycles. The number of aryl methyl sites for hydroxylation is 1. The second-order valence-corrected chi connectivity index (χ2v) is 7.41. The number of aromatic nitrogens is 1. The van der Waals surface area contributed by atoms with Gasteiger partial charge in [-0.15, -0.1) is 0 Å². The van der Waals surface area contributed by atoms with Crippen molar-refractivity contribution in [3.8, 4) is 17.2 Å². The second-order valence-electron chi connectivity index (χ2n) is 6.98. The zero-order valence-corrected chi connectivity index (χ0v) is 19.6. The number of amides is 1. The number of carbonyl (C=O) groups excluding carboxylic acids is 1. The summed E-state index contributed by atoms with van der Waals surface area (Å²) in [6.45, 7) is 2.23. The van der Waals surface area contributed by atoms with Crippen LogP contribution in [0.4, 0.5) is 5.69 Å². The van der Waals surface area contributed by atoms with Crippen molar-refractivity contribution in [1.29, 1.82) is 0 Å². The molecule has 2 N–H and O–H groups in total. The highest BCUT2D eigenvalue weighted by Crippen LogP contribution is 2.38. The molecule has 0 saturated heterocycles. The molecule has 1 heterocycles. The lowest BCUT2D eigenvalue weighted by Gasteiger charge is -2.16. The Morgan fingerprint density at radius 2 is 1.79 bits per heavy atom. The van der Waals surface area contributed by atoms with Crippen molar-refractivity contribution in [1.82, 2.24) is 10.3 Å². The van der Waals surface area contributed by atoms with Gasteiger partial charge in [0, 0.05) is 28.7 Å². The van der Waals surface area contributed by atoms with E-state index in [-0.39, 0.29) is 5.96 Å². The van der Waals surface area contributed by atoms with Crippen molar-refractivity contribution in [3.63, 3.8) is 0 Å². The number of hydrogen-bond acceptors (Lipinski definition) is 6. The van der Waals surface area contributed by atoms with Gasteiger partial charge in [-0.25, -0.2) is 4.99 Å².